The molecule has 0 aliphatic rings. The van der Waals surface area contributed by atoms with Crippen LogP contribution in [0.3, 0.4) is 0 Å². The van der Waals surface area contributed by atoms with Gasteiger partial charge in [-0.15, -0.1) is 0 Å². The molecule has 132 valence electrons. The van der Waals surface area contributed by atoms with Crippen molar-refractivity contribution < 1.29 is 4.79 Å². The topological polar surface area (TPSA) is 112 Å². The van der Waals surface area contributed by atoms with Gasteiger partial charge in [0.05, 0.1) is 6.04 Å². The Morgan fingerprint density at radius 3 is 2.69 bits per heavy atom. The Hall–Kier alpha value is -3.55. The molecule has 0 fully saturated rings. The van der Waals surface area contributed by atoms with E-state index in [1.54, 1.807) is 29.5 Å². The number of carbonyl (C=O) groups excluding carboxylic acids is 1. The fraction of sp³-hybridized carbons (Fsp3) is 0.167. The standard InChI is InChI=1S/C18H19N7O/c19-18-21-10-14(11-22-18)6-7-17(26)24-16(15-4-2-1-3-5-15)8-9-25-13-20-12-23-25/h1-7,10-13,16H,8-9H2,(H,24,26)(H2,19,21,22). The number of nitrogens with one attached hydrogen (secondary N) is 1. The number of nitrogens with zero attached hydrogens (tertiary/aromatic N) is 5. The number of nitrogen functional groups attached to an aromatic ring is 1. The summed E-state index contributed by atoms with van der Waals surface area (Å²) < 4.78 is 1.74. The van der Waals surface area contributed by atoms with Gasteiger partial charge in [0, 0.05) is 30.6 Å². The summed E-state index contributed by atoms with van der Waals surface area (Å²) in [6.45, 7) is 0.648. The van der Waals surface area contributed by atoms with Crippen molar-refractivity contribution in [3.05, 3.63) is 72.6 Å². The van der Waals surface area contributed by atoms with Gasteiger partial charge in [0.25, 0.3) is 0 Å². The van der Waals surface area contributed by atoms with Gasteiger partial charge < -0.3 is 11.1 Å². The Labute approximate surface area is 150 Å². The van der Waals surface area contributed by atoms with Gasteiger partial charge in [0.1, 0.15) is 12.7 Å². The van der Waals surface area contributed by atoms with Crippen molar-refractivity contribution in [3.8, 4) is 0 Å². The number of amides is 1. The van der Waals surface area contributed by atoms with Gasteiger partial charge >= 0.3 is 0 Å². The Bertz CT molecular complexity index is 845. The summed E-state index contributed by atoms with van der Waals surface area (Å²) in [5, 5.41) is 7.12. The zero-order chi connectivity index (χ0) is 18.2. The van der Waals surface area contributed by atoms with E-state index in [9.17, 15) is 4.79 Å². The van der Waals surface area contributed by atoms with Crippen molar-refractivity contribution in [2.24, 2.45) is 0 Å². The number of nitrogens with two attached hydrogens (primary N) is 1. The quantitative estimate of drug-likeness (QED) is 0.627. The molecular formula is C18H19N7O. The van der Waals surface area contributed by atoms with Crippen LogP contribution in [0, 0.1) is 0 Å². The highest BCUT2D eigenvalue weighted by Gasteiger charge is 2.13. The van der Waals surface area contributed by atoms with E-state index in [0.29, 0.717) is 18.5 Å². The lowest BCUT2D eigenvalue weighted by Gasteiger charge is -2.18. The van der Waals surface area contributed by atoms with Gasteiger partial charge in [-0.05, 0) is 18.1 Å². The van der Waals surface area contributed by atoms with E-state index in [1.807, 2.05) is 30.3 Å². The minimum Gasteiger partial charge on any atom is -0.368 e. The molecule has 1 unspecified atom stereocenters. The molecule has 0 aliphatic heterocycles. The van der Waals surface area contributed by atoms with Crippen LogP contribution >= 0.6 is 0 Å². The van der Waals surface area contributed by atoms with Crippen molar-refractivity contribution in [2.45, 2.75) is 19.0 Å². The fourth-order valence-corrected chi connectivity index (χ4v) is 2.44. The van der Waals surface area contributed by atoms with Crippen LogP contribution in [0.15, 0.2) is 61.5 Å². The van der Waals surface area contributed by atoms with Gasteiger partial charge in [0.15, 0.2) is 0 Å². The number of hydrogen-bond acceptors (Lipinski definition) is 6. The first-order chi connectivity index (χ1) is 12.7. The summed E-state index contributed by atoms with van der Waals surface area (Å²) in [6, 6.07) is 9.69. The molecule has 0 aliphatic carbocycles. The Balaban J connectivity index is 1.66. The minimum atomic E-state index is -0.200. The molecule has 2 aromatic heterocycles. The molecule has 0 saturated carbocycles. The molecule has 1 aromatic carbocycles. The van der Waals surface area contributed by atoms with Crippen LogP contribution in [-0.4, -0.2) is 30.6 Å². The first-order valence-electron chi connectivity index (χ1n) is 8.14. The molecule has 3 aromatic rings. The Morgan fingerprint density at radius 1 is 1.23 bits per heavy atom. The van der Waals surface area contributed by atoms with E-state index in [1.165, 1.54) is 12.4 Å². The van der Waals surface area contributed by atoms with Gasteiger partial charge in [-0.2, -0.15) is 5.10 Å². The first-order valence-corrected chi connectivity index (χ1v) is 8.14. The van der Waals surface area contributed by atoms with Crippen LogP contribution in [0.5, 0.6) is 0 Å². The van der Waals surface area contributed by atoms with Crippen LogP contribution in [0.2, 0.25) is 0 Å². The Kier molecular flexibility index (Phi) is 5.66. The van der Waals surface area contributed by atoms with E-state index in [-0.39, 0.29) is 17.9 Å². The summed E-state index contributed by atoms with van der Waals surface area (Å²) in [7, 11) is 0. The van der Waals surface area contributed by atoms with Gasteiger partial charge in [-0.3, -0.25) is 9.48 Å². The summed E-state index contributed by atoms with van der Waals surface area (Å²) in [5.74, 6) is -0.00174. The normalized spacial score (nSPS) is 12.2. The predicted octanol–water partition coefficient (Wildman–Crippen LogP) is 1.61. The van der Waals surface area contributed by atoms with Crippen molar-refractivity contribution in [1.82, 2.24) is 30.0 Å². The number of anilines is 1. The average Bonchev–Trinajstić information content (AvgIpc) is 3.19. The molecular weight excluding hydrogens is 330 g/mol. The second-order valence-corrected chi connectivity index (χ2v) is 5.63. The van der Waals surface area contributed by atoms with Gasteiger partial charge in [-0.25, -0.2) is 15.0 Å². The number of benzene rings is 1. The molecule has 26 heavy (non-hydrogen) atoms. The molecule has 8 heteroatoms. The van der Waals surface area contributed by atoms with Gasteiger partial charge in [0.2, 0.25) is 11.9 Å². The predicted molar refractivity (Wildman–Crippen MR) is 97.4 cm³/mol. The third-order valence-electron chi connectivity index (χ3n) is 3.75. The summed E-state index contributed by atoms with van der Waals surface area (Å²) >= 11 is 0. The van der Waals surface area contributed by atoms with Crippen LogP contribution in [0.25, 0.3) is 6.08 Å². The van der Waals surface area contributed by atoms with Crippen molar-refractivity contribution in [3.63, 3.8) is 0 Å². The maximum atomic E-state index is 12.3. The highest BCUT2D eigenvalue weighted by molar-refractivity contribution is 5.91. The molecule has 3 rings (SSSR count). The zero-order valence-electron chi connectivity index (χ0n) is 14.1. The van der Waals surface area contributed by atoms with E-state index in [2.05, 4.69) is 25.4 Å². The van der Waals surface area contributed by atoms with Gasteiger partial charge in [-0.1, -0.05) is 30.3 Å². The van der Waals surface area contributed by atoms with E-state index in [4.69, 9.17) is 5.73 Å². The monoisotopic (exact) mass is 349 g/mol. The average molecular weight is 349 g/mol. The third-order valence-corrected chi connectivity index (χ3v) is 3.75. The summed E-state index contributed by atoms with van der Waals surface area (Å²) in [5.41, 5.74) is 7.18. The molecule has 0 radical (unpaired) electrons. The fourth-order valence-electron chi connectivity index (χ4n) is 2.44. The van der Waals surface area contributed by atoms with E-state index >= 15 is 0 Å². The third kappa shape index (κ3) is 4.97. The van der Waals surface area contributed by atoms with Crippen molar-refractivity contribution >= 4 is 17.9 Å². The summed E-state index contributed by atoms with van der Waals surface area (Å²) in [6.07, 6.45) is 10.1. The molecule has 1 amide bonds. The van der Waals surface area contributed by atoms with E-state index < -0.39 is 0 Å². The molecule has 2 heterocycles. The van der Waals surface area contributed by atoms with Crippen molar-refractivity contribution in [2.75, 3.05) is 5.73 Å². The van der Waals surface area contributed by atoms with Crippen LogP contribution in [0.1, 0.15) is 23.6 Å². The van der Waals surface area contributed by atoms with Crippen molar-refractivity contribution in [1.29, 1.82) is 0 Å². The zero-order valence-corrected chi connectivity index (χ0v) is 14.1. The molecule has 3 N–H and O–H groups in total. The van der Waals surface area contributed by atoms with Crippen LogP contribution < -0.4 is 11.1 Å². The smallest absolute Gasteiger partial charge is 0.244 e. The maximum Gasteiger partial charge on any atom is 0.244 e. The SMILES string of the molecule is Nc1ncc(C=CC(=O)NC(CCn2cncn2)c2ccccc2)cn1. The minimum absolute atomic E-state index is 0.139. The lowest BCUT2D eigenvalue weighted by Crippen LogP contribution is -2.28. The lowest BCUT2D eigenvalue weighted by molar-refractivity contribution is -0.117. The van der Waals surface area contributed by atoms with Crippen LogP contribution in [-0.2, 0) is 11.3 Å². The number of carbonyl (C=O) groups is 1. The highest BCUT2D eigenvalue weighted by atomic mass is 16.1. The molecule has 0 saturated heterocycles. The number of hydrogen-bond donors (Lipinski definition) is 2. The first kappa shape index (κ1) is 17.3. The molecule has 8 nitrogen and oxygen atoms in total. The number of rotatable bonds is 7. The maximum absolute atomic E-state index is 12.3. The Morgan fingerprint density at radius 2 is 2.00 bits per heavy atom. The molecule has 1 atom stereocenters. The second-order valence-electron chi connectivity index (χ2n) is 5.63. The largest absolute Gasteiger partial charge is 0.368 e. The molecule has 0 spiro atoms. The van der Waals surface area contributed by atoms with E-state index in [0.717, 1.165) is 5.56 Å². The second kappa shape index (κ2) is 8.52. The summed E-state index contributed by atoms with van der Waals surface area (Å²) in [4.78, 5) is 24.0. The number of aryl methyl sites for hydroxylation is 1. The lowest BCUT2D eigenvalue weighted by atomic mass is 10.0. The highest BCUT2D eigenvalue weighted by Crippen LogP contribution is 2.17. The number of aromatic nitrogens is 5. The molecule has 0 bridgehead atoms. The van der Waals surface area contributed by atoms with Crippen LogP contribution in [0.4, 0.5) is 5.95 Å².